The van der Waals surface area contributed by atoms with E-state index in [4.69, 9.17) is 5.73 Å². The second kappa shape index (κ2) is 6.32. The number of hydrogen-bond acceptors (Lipinski definition) is 2. The van der Waals surface area contributed by atoms with Gasteiger partial charge in [-0.15, -0.1) is 0 Å². The van der Waals surface area contributed by atoms with Gasteiger partial charge in [-0.1, -0.05) is 56.3 Å². The fourth-order valence-corrected chi connectivity index (χ4v) is 3.19. The zero-order valence-corrected chi connectivity index (χ0v) is 14.0. The van der Waals surface area contributed by atoms with Crippen LogP contribution in [0.5, 0.6) is 0 Å². The number of carbonyl (C=O) groups is 1. The topological polar surface area (TPSA) is 55.1 Å². The SMILES string of the molecule is CCC(N)(CC)CNC(=O)C1CC1c1ccc2ccccc2c1. The molecule has 2 aromatic carbocycles. The molecule has 0 aliphatic heterocycles. The van der Waals surface area contributed by atoms with Crippen molar-refractivity contribution in [2.24, 2.45) is 11.7 Å². The summed E-state index contributed by atoms with van der Waals surface area (Å²) in [6, 6.07) is 14.9. The van der Waals surface area contributed by atoms with Gasteiger partial charge in [0.1, 0.15) is 0 Å². The fraction of sp³-hybridized carbons (Fsp3) is 0.450. The number of fused-ring (bicyclic) bond motifs is 1. The average Bonchev–Trinajstić information content (AvgIpc) is 3.40. The summed E-state index contributed by atoms with van der Waals surface area (Å²) in [7, 11) is 0. The Morgan fingerprint density at radius 1 is 1.17 bits per heavy atom. The minimum absolute atomic E-state index is 0.106. The lowest BCUT2D eigenvalue weighted by molar-refractivity contribution is -0.122. The van der Waals surface area contributed by atoms with Crippen molar-refractivity contribution < 1.29 is 4.79 Å². The van der Waals surface area contributed by atoms with Gasteiger partial charge >= 0.3 is 0 Å². The Bertz CT molecular complexity index is 706. The van der Waals surface area contributed by atoms with Crippen molar-refractivity contribution in [1.82, 2.24) is 5.32 Å². The summed E-state index contributed by atoms with van der Waals surface area (Å²) < 4.78 is 0. The summed E-state index contributed by atoms with van der Waals surface area (Å²) in [5.74, 6) is 0.615. The van der Waals surface area contributed by atoms with Gasteiger partial charge in [-0.3, -0.25) is 4.79 Å². The number of amides is 1. The highest BCUT2D eigenvalue weighted by atomic mass is 16.2. The average molecular weight is 310 g/mol. The lowest BCUT2D eigenvalue weighted by Gasteiger charge is -2.26. The summed E-state index contributed by atoms with van der Waals surface area (Å²) >= 11 is 0. The van der Waals surface area contributed by atoms with Crippen LogP contribution in [0.2, 0.25) is 0 Å². The Balaban J connectivity index is 1.62. The van der Waals surface area contributed by atoms with Gasteiger partial charge in [-0.05, 0) is 41.5 Å². The molecule has 1 aliphatic rings. The summed E-state index contributed by atoms with van der Waals surface area (Å²) in [6.07, 6.45) is 2.70. The summed E-state index contributed by atoms with van der Waals surface area (Å²) in [5.41, 5.74) is 7.26. The zero-order chi connectivity index (χ0) is 16.4. The Kier molecular flexibility index (Phi) is 4.40. The second-order valence-electron chi connectivity index (χ2n) is 6.84. The Labute approximate surface area is 138 Å². The molecule has 1 saturated carbocycles. The molecule has 23 heavy (non-hydrogen) atoms. The van der Waals surface area contributed by atoms with Crippen LogP contribution in [-0.2, 0) is 4.79 Å². The van der Waals surface area contributed by atoms with Gasteiger partial charge in [0, 0.05) is 18.0 Å². The maximum Gasteiger partial charge on any atom is 0.223 e. The van der Waals surface area contributed by atoms with Crippen LogP contribution in [0, 0.1) is 5.92 Å². The Morgan fingerprint density at radius 2 is 1.87 bits per heavy atom. The van der Waals surface area contributed by atoms with Crippen molar-refractivity contribution in [1.29, 1.82) is 0 Å². The third-order valence-electron chi connectivity index (χ3n) is 5.35. The van der Waals surface area contributed by atoms with Crippen molar-refractivity contribution in [3.8, 4) is 0 Å². The first-order valence-corrected chi connectivity index (χ1v) is 8.61. The molecule has 0 saturated heterocycles. The van der Waals surface area contributed by atoms with E-state index in [2.05, 4.69) is 61.6 Å². The van der Waals surface area contributed by atoms with Crippen LogP contribution in [0.1, 0.15) is 44.6 Å². The van der Waals surface area contributed by atoms with Crippen LogP contribution in [0.4, 0.5) is 0 Å². The van der Waals surface area contributed by atoms with Gasteiger partial charge in [0.15, 0.2) is 0 Å². The largest absolute Gasteiger partial charge is 0.354 e. The third-order valence-corrected chi connectivity index (χ3v) is 5.35. The zero-order valence-electron chi connectivity index (χ0n) is 14.0. The minimum Gasteiger partial charge on any atom is -0.354 e. The third kappa shape index (κ3) is 3.40. The van der Waals surface area contributed by atoms with Crippen LogP contribution < -0.4 is 11.1 Å². The molecule has 0 heterocycles. The number of hydrogen-bond donors (Lipinski definition) is 2. The van der Waals surface area contributed by atoms with E-state index in [0.29, 0.717) is 12.5 Å². The highest BCUT2D eigenvalue weighted by Gasteiger charge is 2.44. The first-order chi connectivity index (χ1) is 11.1. The van der Waals surface area contributed by atoms with Gasteiger partial charge < -0.3 is 11.1 Å². The van der Waals surface area contributed by atoms with Gasteiger partial charge in [0.2, 0.25) is 5.91 Å². The van der Waals surface area contributed by atoms with Crippen LogP contribution in [0.25, 0.3) is 10.8 Å². The monoisotopic (exact) mass is 310 g/mol. The maximum absolute atomic E-state index is 12.4. The van der Waals surface area contributed by atoms with E-state index in [-0.39, 0.29) is 17.4 Å². The molecule has 3 rings (SSSR count). The lowest BCUT2D eigenvalue weighted by atomic mass is 9.94. The normalized spacial score (nSPS) is 20.5. The van der Waals surface area contributed by atoms with Crippen LogP contribution in [-0.4, -0.2) is 18.0 Å². The van der Waals surface area contributed by atoms with Gasteiger partial charge in [-0.25, -0.2) is 0 Å². The molecule has 1 fully saturated rings. The predicted octanol–water partition coefficient (Wildman–Crippen LogP) is 3.58. The number of carbonyl (C=O) groups excluding carboxylic acids is 1. The molecule has 0 radical (unpaired) electrons. The smallest absolute Gasteiger partial charge is 0.223 e. The molecule has 2 atom stereocenters. The van der Waals surface area contributed by atoms with Crippen molar-refractivity contribution >= 4 is 16.7 Å². The molecular weight excluding hydrogens is 284 g/mol. The molecule has 2 aromatic rings. The molecule has 3 heteroatoms. The molecule has 2 unspecified atom stereocenters. The number of rotatable bonds is 6. The highest BCUT2D eigenvalue weighted by molar-refractivity contribution is 5.85. The first kappa shape index (κ1) is 16.0. The van der Waals surface area contributed by atoms with Crippen molar-refractivity contribution in [2.45, 2.75) is 44.6 Å². The Hall–Kier alpha value is -1.87. The maximum atomic E-state index is 12.4. The standard InChI is InChI=1S/C20H26N2O/c1-3-20(21,4-2)13-22-19(23)18-12-17(18)16-10-9-14-7-5-6-8-15(14)11-16/h5-11,17-18H,3-4,12-13,21H2,1-2H3,(H,22,23). The fourth-order valence-electron chi connectivity index (χ4n) is 3.19. The van der Waals surface area contributed by atoms with E-state index in [0.717, 1.165) is 19.3 Å². The van der Waals surface area contributed by atoms with E-state index < -0.39 is 0 Å². The quantitative estimate of drug-likeness (QED) is 0.857. The van der Waals surface area contributed by atoms with Gasteiger partial charge in [0.05, 0.1) is 0 Å². The number of nitrogens with one attached hydrogen (secondary N) is 1. The number of nitrogens with two attached hydrogens (primary N) is 1. The van der Waals surface area contributed by atoms with Crippen LogP contribution in [0.3, 0.4) is 0 Å². The van der Waals surface area contributed by atoms with E-state index in [1.165, 1.54) is 16.3 Å². The summed E-state index contributed by atoms with van der Waals surface area (Å²) in [6.45, 7) is 4.72. The van der Waals surface area contributed by atoms with E-state index >= 15 is 0 Å². The molecule has 1 aliphatic carbocycles. The van der Waals surface area contributed by atoms with E-state index in [9.17, 15) is 4.79 Å². The van der Waals surface area contributed by atoms with Crippen LogP contribution in [0.15, 0.2) is 42.5 Å². The van der Waals surface area contributed by atoms with Gasteiger partial charge in [0.25, 0.3) is 0 Å². The lowest BCUT2D eigenvalue weighted by Crippen LogP contribution is -2.49. The van der Waals surface area contributed by atoms with Crippen LogP contribution >= 0.6 is 0 Å². The summed E-state index contributed by atoms with van der Waals surface area (Å²) in [5, 5.41) is 5.55. The molecule has 1 amide bonds. The van der Waals surface area contributed by atoms with E-state index in [1.54, 1.807) is 0 Å². The minimum atomic E-state index is -0.275. The molecular formula is C20H26N2O. The van der Waals surface area contributed by atoms with Gasteiger partial charge in [-0.2, -0.15) is 0 Å². The highest BCUT2D eigenvalue weighted by Crippen LogP contribution is 2.48. The second-order valence-corrected chi connectivity index (χ2v) is 6.84. The molecule has 3 N–H and O–H groups in total. The van der Waals surface area contributed by atoms with Crippen molar-refractivity contribution in [3.63, 3.8) is 0 Å². The molecule has 3 nitrogen and oxygen atoms in total. The first-order valence-electron chi connectivity index (χ1n) is 8.61. The van der Waals surface area contributed by atoms with Crippen molar-refractivity contribution in [2.75, 3.05) is 6.54 Å². The Morgan fingerprint density at radius 3 is 2.57 bits per heavy atom. The molecule has 0 spiro atoms. The number of benzene rings is 2. The summed E-state index contributed by atoms with van der Waals surface area (Å²) in [4.78, 5) is 12.4. The van der Waals surface area contributed by atoms with Crippen molar-refractivity contribution in [3.05, 3.63) is 48.0 Å². The molecule has 0 bridgehead atoms. The molecule has 0 aromatic heterocycles. The van der Waals surface area contributed by atoms with E-state index in [1.807, 2.05) is 0 Å². The molecule has 122 valence electrons. The predicted molar refractivity (Wildman–Crippen MR) is 95.3 cm³/mol.